The Labute approximate surface area is 75.9 Å². The minimum absolute atomic E-state index is 0. The van der Waals surface area contributed by atoms with Crippen LogP contribution in [0.4, 0.5) is 0 Å². The molecule has 5 heteroatoms. The predicted octanol–water partition coefficient (Wildman–Crippen LogP) is 0.536. The zero-order chi connectivity index (χ0) is 5.86. The maximum Gasteiger partial charge on any atom is 0.322 e. The Morgan fingerprint density at radius 3 is 2.12 bits per heavy atom. The van der Waals surface area contributed by atoms with Crippen LogP contribution in [-0.4, -0.2) is 48.2 Å². The van der Waals surface area contributed by atoms with E-state index in [0.717, 1.165) is 0 Å². The van der Waals surface area contributed by atoms with E-state index in [2.05, 4.69) is 0 Å². The molecule has 0 spiro atoms. The van der Waals surface area contributed by atoms with Gasteiger partial charge in [-0.05, 0) is 0 Å². The van der Waals surface area contributed by atoms with E-state index >= 15 is 0 Å². The van der Waals surface area contributed by atoms with Gasteiger partial charge in [0.1, 0.15) is 5.38 Å². The molecule has 0 heterocycles. The predicted molar refractivity (Wildman–Crippen MR) is 33.8 cm³/mol. The van der Waals surface area contributed by atoms with Crippen LogP contribution in [0.15, 0.2) is 0 Å². The van der Waals surface area contributed by atoms with Gasteiger partial charge in [-0.25, -0.2) is 0 Å². The van der Waals surface area contributed by atoms with E-state index in [1.807, 2.05) is 0 Å². The van der Waals surface area contributed by atoms with Gasteiger partial charge in [0.05, 0.1) is 0 Å². The van der Waals surface area contributed by atoms with Gasteiger partial charge in [0.25, 0.3) is 0 Å². The SMILES string of the molecule is O=C(O)C(Cl)CCl.[In]. The van der Waals surface area contributed by atoms with Crippen LogP contribution in [0.25, 0.3) is 0 Å². The third kappa shape index (κ3) is 5.06. The molecular formula is C3H4Cl2InO2. The van der Waals surface area contributed by atoms with Crippen molar-refractivity contribution in [1.29, 1.82) is 0 Å². The van der Waals surface area contributed by atoms with E-state index in [0.29, 0.717) is 0 Å². The van der Waals surface area contributed by atoms with Crippen molar-refractivity contribution in [2.45, 2.75) is 5.38 Å². The van der Waals surface area contributed by atoms with Crippen LogP contribution in [0.3, 0.4) is 0 Å². The maximum absolute atomic E-state index is 9.71. The van der Waals surface area contributed by atoms with Crippen molar-refractivity contribution in [1.82, 2.24) is 0 Å². The molecule has 0 amide bonds. The van der Waals surface area contributed by atoms with Crippen LogP contribution < -0.4 is 0 Å². The van der Waals surface area contributed by atoms with Crippen LogP contribution in [-0.2, 0) is 4.79 Å². The van der Waals surface area contributed by atoms with Gasteiger partial charge in [0, 0.05) is 31.7 Å². The molecule has 2 nitrogen and oxygen atoms in total. The fourth-order valence-corrected chi connectivity index (χ4v) is 0.198. The molecule has 0 saturated carbocycles. The molecule has 0 rings (SSSR count). The molecule has 0 aliphatic rings. The molecule has 8 heavy (non-hydrogen) atoms. The summed E-state index contributed by atoms with van der Waals surface area (Å²) in [6.07, 6.45) is 0. The molecule has 1 unspecified atom stereocenters. The fourth-order valence-electron chi connectivity index (χ4n) is 0.0660. The normalized spacial score (nSPS) is 11.8. The molecule has 45 valence electrons. The van der Waals surface area contributed by atoms with Gasteiger partial charge in [-0.15, -0.1) is 23.2 Å². The van der Waals surface area contributed by atoms with E-state index in [4.69, 9.17) is 28.3 Å². The molecule has 0 aliphatic heterocycles. The van der Waals surface area contributed by atoms with Crippen molar-refractivity contribution in [3.63, 3.8) is 0 Å². The van der Waals surface area contributed by atoms with Crippen LogP contribution >= 0.6 is 23.2 Å². The van der Waals surface area contributed by atoms with E-state index in [-0.39, 0.29) is 31.7 Å². The molecular weight excluding hydrogens is 254 g/mol. The topological polar surface area (TPSA) is 37.3 Å². The molecule has 1 N–H and O–H groups in total. The summed E-state index contributed by atoms with van der Waals surface area (Å²) in [5.74, 6) is -1.12. The monoisotopic (exact) mass is 257 g/mol. The van der Waals surface area contributed by atoms with E-state index in [1.165, 1.54) is 0 Å². The Morgan fingerprint density at radius 2 is 2.12 bits per heavy atom. The van der Waals surface area contributed by atoms with Crippen LogP contribution in [0.1, 0.15) is 0 Å². The van der Waals surface area contributed by atoms with Crippen molar-refractivity contribution in [3.8, 4) is 0 Å². The first-order valence-corrected chi connectivity index (χ1v) is 2.58. The largest absolute Gasteiger partial charge is 0.480 e. The average molecular weight is 258 g/mol. The standard InChI is InChI=1S/C3H4Cl2O2.In/c4-1-2(5)3(6)7;/h2H,1H2,(H,6,7);. The second-order valence-electron chi connectivity index (χ2n) is 0.960. The maximum atomic E-state index is 9.71. The van der Waals surface area contributed by atoms with E-state index in [9.17, 15) is 4.79 Å². The quantitative estimate of drug-likeness (QED) is 0.733. The number of halogens is 2. The summed E-state index contributed by atoms with van der Waals surface area (Å²) < 4.78 is 0. The Morgan fingerprint density at radius 1 is 1.75 bits per heavy atom. The van der Waals surface area contributed by atoms with Crippen LogP contribution in [0.2, 0.25) is 0 Å². The van der Waals surface area contributed by atoms with Crippen molar-refractivity contribution in [3.05, 3.63) is 0 Å². The summed E-state index contributed by atoms with van der Waals surface area (Å²) in [7, 11) is 0. The molecule has 0 bridgehead atoms. The second-order valence-corrected chi connectivity index (χ2v) is 1.80. The molecule has 0 saturated heterocycles. The first-order chi connectivity index (χ1) is 3.18. The number of hydrogen-bond donors (Lipinski definition) is 1. The minimum atomic E-state index is -1.07. The Kier molecular flexibility index (Phi) is 8.83. The first-order valence-electron chi connectivity index (χ1n) is 1.61. The Hall–Kier alpha value is 0.920. The van der Waals surface area contributed by atoms with Gasteiger partial charge in [0.2, 0.25) is 0 Å². The van der Waals surface area contributed by atoms with Crippen molar-refractivity contribution in [2.75, 3.05) is 5.88 Å². The minimum Gasteiger partial charge on any atom is -0.480 e. The third-order valence-corrected chi connectivity index (χ3v) is 1.21. The first kappa shape index (κ1) is 11.7. The molecule has 0 fully saturated rings. The summed E-state index contributed by atoms with van der Waals surface area (Å²) in [5, 5.41) is 7.02. The molecule has 0 aromatic rings. The van der Waals surface area contributed by atoms with Crippen LogP contribution in [0.5, 0.6) is 0 Å². The summed E-state index contributed by atoms with van der Waals surface area (Å²) in [6, 6.07) is 0. The van der Waals surface area contributed by atoms with Crippen molar-refractivity contribution >= 4 is 55.0 Å². The molecule has 0 aromatic heterocycles. The molecule has 3 radical (unpaired) electrons. The zero-order valence-corrected chi connectivity index (χ0v) is 8.78. The van der Waals surface area contributed by atoms with Crippen LogP contribution in [0, 0.1) is 0 Å². The van der Waals surface area contributed by atoms with Gasteiger partial charge in [0.15, 0.2) is 0 Å². The number of carboxylic acids is 1. The number of aliphatic carboxylic acids is 1. The third-order valence-electron chi connectivity index (χ3n) is 0.403. The molecule has 0 aromatic carbocycles. The number of alkyl halides is 2. The molecule has 0 aliphatic carbocycles. The number of carbonyl (C=O) groups is 1. The number of hydrogen-bond acceptors (Lipinski definition) is 1. The van der Waals surface area contributed by atoms with E-state index in [1.54, 1.807) is 0 Å². The van der Waals surface area contributed by atoms with Crippen molar-refractivity contribution < 1.29 is 9.90 Å². The Bertz CT molecular complexity index is 77.7. The zero-order valence-electron chi connectivity index (χ0n) is 3.97. The Balaban J connectivity index is 0. The average Bonchev–Trinajstić information content (AvgIpc) is 1.65. The fraction of sp³-hybridized carbons (Fsp3) is 0.667. The van der Waals surface area contributed by atoms with Gasteiger partial charge >= 0.3 is 5.97 Å². The summed E-state index contributed by atoms with van der Waals surface area (Å²) >= 11 is 10.1. The van der Waals surface area contributed by atoms with Gasteiger partial charge < -0.3 is 5.11 Å². The number of carboxylic acid groups (broad SMARTS) is 1. The number of rotatable bonds is 2. The summed E-state index contributed by atoms with van der Waals surface area (Å²) in [4.78, 5) is 9.71. The van der Waals surface area contributed by atoms with Gasteiger partial charge in [-0.1, -0.05) is 0 Å². The van der Waals surface area contributed by atoms with Gasteiger partial charge in [-0.2, -0.15) is 0 Å². The second kappa shape index (κ2) is 6.05. The molecule has 1 atom stereocenters. The van der Waals surface area contributed by atoms with E-state index < -0.39 is 11.3 Å². The summed E-state index contributed by atoms with van der Waals surface area (Å²) in [5.41, 5.74) is 0. The van der Waals surface area contributed by atoms with Gasteiger partial charge in [-0.3, -0.25) is 4.79 Å². The van der Waals surface area contributed by atoms with Crippen molar-refractivity contribution in [2.24, 2.45) is 0 Å². The smallest absolute Gasteiger partial charge is 0.322 e. The summed E-state index contributed by atoms with van der Waals surface area (Å²) in [6.45, 7) is 0.